The standard InChI is InChI=1S/C10H19N3O/c1-5-9(7-11-3)14-10-6-8(2)12-13(10)4/h6,9,11H,5,7H2,1-4H3. The molecule has 0 fully saturated rings. The molecule has 0 saturated carbocycles. The van der Waals surface area contributed by atoms with Crippen molar-refractivity contribution < 1.29 is 4.74 Å². The van der Waals surface area contributed by atoms with Crippen molar-refractivity contribution in [2.24, 2.45) is 7.05 Å². The summed E-state index contributed by atoms with van der Waals surface area (Å²) in [6.45, 7) is 4.94. The van der Waals surface area contributed by atoms with Crippen LogP contribution in [0.1, 0.15) is 19.0 Å². The van der Waals surface area contributed by atoms with Gasteiger partial charge in [-0.3, -0.25) is 0 Å². The Balaban J connectivity index is 2.61. The third kappa shape index (κ3) is 2.73. The van der Waals surface area contributed by atoms with E-state index in [0.717, 1.165) is 24.5 Å². The summed E-state index contributed by atoms with van der Waals surface area (Å²) in [6.07, 6.45) is 1.21. The van der Waals surface area contributed by atoms with E-state index in [4.69, 9.17) is 4.74 Å². The van der Waals surface area contributed by atoms with Crippen LogP contribution in [0.5, 0.6) is 5.88 Å². The molecule has 4 heteroatoms. The highest BCUT2D eigenvalue weighted by atomic mass is 16.5. The molecule has 1 heterocycles. The molecule has 1 aromatic heterocycles. The van der Waals surface area contributed by atoms with Crippen LogP contribution in [0.2, 0.25) is 0 Å². The number of nitrogens with zero attached hydrogens (tertiary/aromatic N) is 2. The highest BCUT2D eigenvalue weighted by molar-refractivity contribution is 5.14. The van der Waals surface area contributed by atoms with E-state index in [1.807, 2.05) is 27.1 Å². The Morgan fingerprint density at radius 2 is 2.36 bits per heavy atom. The lowest BCUT2D eigenvalue weighted by Crippen LogP contribution is -2.29. The first kappa shape index (κ1) is 11.0. The number of ether oxygens (including phenoxy) is 1. The molecular formula is C10H19N3O. The molecule has 0 aromatic carbocycles. The van der Waals surface area contributed by atoms with Crippen molar-refractivity contribution in [3.63, 3.8) is 0 Å². The molecule has 80 valence electrons. The lowest BCUT2D eigenvalue weighted by molar-refractivity contribution is 0.180. The Hall–Kier alpha value is -1.03. The van der Waals surface area contributed by atoms with Crippen molar-refractivity contribution in [1.82, 2.24) is 15.1 Å². The summed E-state index contributed by atoms with van der Waals surface area (Å²) in [5, 5.41) is 7.34. The first-order chi connectivity index (χ1) is 6.67. The molecule has 1 N–H and O–H groups in total. The maximum atomic E-state index is 5.79. The van der Waals surface area contributed by atoms with Crippen LogP contribution in [0.15, 0.2) is 6.07 Å². The second-order valence-corrected chi connectivity index (χ2v) is 3.45. The number of hydrogen-bond donors (Lipinski definition) is 1. The van der Waals surface area contributed by atoms with Gasteiger partial charge in [-0.2, -0.15) is 5.10 Å². The van der Waals surface area contributed by atoms with Gasteiger partial charge in [-0.15, -0.1) is 0 Å². The summed E-state index contributed by atoms with van der Waals surface area (Å²) in [7, 11) is 3.83. The van der Waals surface area contributed by atoms with Gasteiger partial charge in [-0.1, -0.05) is 6.92 Å². The predicted molar refractivity (Wildman–Crippen MR) is 56.6 cm³/mol. The number of aryl methyl sites for hydroxylation is 2. The van der Waals surface area contributed by atoms with Gasteiger partial charge in [-0.05, 0) is 20.4 Å². The molecule has 0 aliphatic heterocycles. The molecule has 1 rings (SSSR count). The van der Waals surface area contributed by atoms with E-state index in [9.17, 15) is 0 Å². The fourth-order valence-electron chi connectivity index (χ4n) is 1.36. The van der Waals surface area contributed by atoms with Crippen LogP contribution in [0.25, 0.3) is 0 Å². The van der Waals surface area contributed by atoms with Crippen LogP contribution in [-0.2, 0) is 7.05 Å². The zero-order valence-electron chi connectivity index (χ0n) is 9.37. The minimum atomic E-state index is 0.217. The molecule has 14 heavy (non-hydrogen) atoms. The maximum absolute atomic E-state index is 5.79. The molecule has 0 bridgehead atoms. The molecule has 0 radical (unpaired) electrons. The number of aromatic nitrogens is 2. The van der Waals surface area contributed by atoms with Gasteiger partial charge < -0.3 is 10.1 Å². The lowest BCUT2D eigenvalue weighted by atomic mass is 10.3. The Morgan fingerprint density at radius 1 is 1.64 bits per heavy atom. The van der Waals surface area contributed by atoms with E-state index < -0.39 is 0 Å². The maximum Gasteiger partial charge on any atom is 0.212 e. The van der Waals surface area contributed by atoms with Gasteiger partial charge in [0, 0.05) is 19.7 Å². The first-order valence-corrected chi connectivity index (χ1v) is 4.99. The average molecular weight is 197 g/mol. The van der Waals surface area contributed by atoms with Gasteiger partial charge in [0.15, 0.2) is 0 Å². The summed E-state index contributed by atoms with van der Waals surface area (Å²) in [5.41, 5.74) is 0.988. The van der Waals surface area contributed by atoms with Gasteiger partial charge in [0.05, 0.1) is 5.69 Å². The quantitative estimate of drug-likeness (QED) is 0.768. The van der Waals surface area contributed by atoms with Crippen LogP contribution in [-0.4, -0.2) is 29.5 Å². The second kappa shape index (κ2) is 5.00. The largest absolute Gasteiger partial charge is 0.473 e. The SMILES string of the molecule is CCC(CNC)Oc1cc(C)nn1C. The van der Waals surface area contributed by atoms with Gasteiger partial charge in [0.25, 0.3) is 0 Å². The molecule has 0 aliphatic rings. The van der Waals surface area contributed by atoms with Crippen molar-refractivity contribution in [3.8, 4) is 5.88 Å². The van der Waals surface area contributed by atoms with Crippen LogP contribution in [0, 0.1) is 6.92 Å². The monoisotopic (exact) mass is 197 g/mol. The Labute approximate surface area is 85.3 Å². The van der Waals surface area contributed by atoms with Crippen LogP contribution in [0.3, 0.4) is 0 Å². The summed E-state index contributed by atoms with van der Waals surface area (Å²) < 4.78 is 7.57. The average Bonchev–Trinajstić information content (AvgIpc) is 2.44. The topological polar surface area (TPSA) is 39.1 Å². The van der Waals surface area contributed by atoms with Gasteiger partial charge in [-0.25, -0.2) is 4.68 Å². The van der Waals surface area contributed by atoms with Crippen LogP contribution in [0.4, 0.5) is 0 Å². The summed E-state index contributed by atoms with van der Waals surface area (Å²) >= 11 is 0. The zero-order chi connectivity index (χ0) is 10.6. The third-order valence-electron chi connectivity index (χ3n) is 2.13. The number of nitrogens with one attached hydrogen (secondary N) is 1. The summed E-state index contributed by atoms with van der Waals surface area (Å²) in [6, 6.07) is 1.96. The van der Waals surface area contributed by atoms with Gasteiger partial charge >= 0.3 is 0 Å². The minimum absolute atomic E-state index is 0.217. The fraction of sp³-hybridized carbons (Fsp3) is 0.700. The number of likely N-dealkylation sites (N-methyl/N-ethyl adjacent to an activating group) is 1. The van der Waals surface area contributed by atoms with Crippen molar-refractivity contribution in [2.75, 3.05) is 13.6 Å². The number of hydrogen-bond acceptors (Lipinski definition) is 3. The molecule has 1 atom stereocenters. The smallest absolute Gasteiger partial charge is 0.212 e. The van der Waals surface area contributed by atoms with E-state index in [1.54, 1.807) is 4.68 Å². The second-order valence-electron chi connectivity index (χ2n) is 3.45. The first-order valence-electron chi connectivity index (χ1n) is 4.99. The summed E-state index contributed by atoms with van der Waals surface area (Å²) in [4.78, 5) is 0. The van der Waals surface area contributed by atoms with Crippen LogP contribution >= 0.6 is 0 Å². The molecule has 0 aliphatic carbocycles. The fourth-order valence-corrected chi connectivity index (χ4v) is 1.36. The Kier molecular flexibility index (Phi) is 3.95. The van der Waals surface area contributed by atoms with E-state index in [-0.39, 0.29) is 6.10 Å². The van der Waals surface area contributed by atoms with Crippen molar-refractivity contribution >= 4 is 0 Å². The lowest BCUT2D eigenvalue weighted by Gasteiger charge is -2.16. The number of rotatable bonds is 5. The van der Waals surface area contributed by atoms with Gasteiger partial charge in [0.1, 0.15) is 6.10 Å². The van der Waals surface area contributed by atoms with E-state index >= 15 is 0 Å². The zero-order valence-corrected chi connectivity index (χ0v) is 9.37. The Bertz CT molecular complexity index is 283. The van der Waals surface area contributed by atoms with Crippen LogP contribution < -0.4 is 10.1 Å². The molecule has 1 unspecified atom stereocenters. The van der Waals surface area contributed by atoms with E-state index in [1.165, 1.54) is 0 Å². The highest BCUT2D eigenvalue weighted by Crippen LogP contribution is 2.13. The minimum Gasteiger partial charge on any atom is -0.473 e. The van der Waals surface area contributed by atoms with Crippen molar-refractivity contribution in [1.29, 1.82) is 0 Å². The van der Waals surface area contributed by atoms with E-state index in [2.05, 4.69) is 17.3 Å². The summed E-state index contributed by atoms with van der Waals surface area (Å²) in [5.74, 6) is 0.838. The van der Waals surface area contributed by atoms with Gasteiger partial charge in [0.2, 0.25) is 5.88 Å². The third-order valence-corrected chi connectivity index (χ3v) is 2.13. The van der Waals surface area contributed by atoms with Crippen molar-refractivity contribution in [3.05, 3.63) is 11.8 Å². The van der Waals surface area contributed by atoms with E-state index in [0.29, 0.717) is 0 Å². The predicted octanol–water partition coefficient (Wildman–Crippen LogP) is 1.11. The molecule has 0 amide bonds. The molecule has 1 aromatic rings. The molecule has 0 saturated heterocycles. The molecule has 4 nitrogen and oxygen atoms in total. The van der Waals surface area contributed by atoms with Crippen molar-refractivity contribution in [2.45, 2.75) is 26.4 Å². The Morgan fingerprint density at radius 3 is 2.79 bits per heavy atom. The molecule has 0 spiro atoms. The highest BCUT2D eigenvalue weighted by Gasteiger charge is 2.10. The molecular weight excluding hydrogens is 178 g/mol. The normalized spacial score (nSPS) is 12.9.